The van der Waals surface area contributed by atoms with Crippen LogP contribution in [0.2, 0.25) is 0 Å². The van der Waals surface area contributed by atoms with Crippen molar-refractivity contribution in [3.05, 3.63) is 24.2 Å². The van der Waals surface area contributed by atoms with Gasteiger partial charge in [-0.3, -0.25) is 0 Å². The third-order valence-electron chi connectivity index (χ3n) is 0.531. The molecular formula is C5H8FN. The molecule has 0 heterocycles. The zero-order chi connectivity index (χ0) is 5.70. The van der Waals surface area contributed by atoms with Gasteiger partial charge in [0, 0.05) is 0 Å². The number of allylic oxidation sites excluding steroid dienone is 3. The molecule has 0 aliphatic heterocycles. The van der Waals surface area contributed by atoms with Crippen molar-refractivity contribution in [2.24, 2.45) is 5.73 Å². The molecule has 0 fully saturated rings. The van der Waals surface area contributed by atoms with E-state index in [0.717, 1.165) is 6.20 Å². The monoisotopic (exact) mass is 101 g/mol. The number of hydrogen-bond acceptors (Lipinski definition) is 1. The maximum absolute atomic E-state index is 11.8. The van der Waals surface area contributed by atoms with Crippen LogP contribution in [0.3, 0.4) is 0 Å². The van der Waals surface area contributed by atoms with E-state index in [0.29, 0.717) is 0 Å². The molecule has 0 aliphatic carbocycles. The summed E-state index contributed by atoms with van der Waals surface area (Å²) < 4.78 is 11.8. The molecule has 0 aromatic heterocycles. The van der Waals surface area contributed by atoms with Gasteiger partial charge in [-0.15, -0.1) is 0 Å². The van der Waals surface area contributed by atoms with Gasteiger partial charge < -0.3 is 5.73 Å². The molecule has 0 saturated heterocycles. The Morgan fingerprint density at radius 1 is 1.71 bits per heavy atom. The Morgan fingerprint density at radius 3 is 2.43 bits per heavy atom. The summed E-state index contributed by atoms with van der Waals surface area (Å²) >= 11 is 0. The van der Waals surface area contributed by atoms with Gasteiger partial charge in [-0.25, -0.2) is 4.39 Å². The Morgan fingerprint density at radius 2 is 2.29 bits per heavy atom. The standard InChI is InChI=1S/C5H8FN/c1-2-5(6)3-4-7/h2-4H,7H2,1H3/b4-3-,5-2+. The lowest BCUT2D eigenvalue weighted by molar-refractivity contribution is 0.664. The normalized spacial score (nSPS) is 13.1. The van der Waals surface area contributed by atoms with Crippen molar-refractivity contribution in [2.75, 3.05) is 0 Å². The number of nitrogens with two attached hydrogens (primary N) is 1. The van der Waals surface area contributed by atoms with Crippen LogP contribution in [-0.2, 0) is 0 Å². The van der Waals surface area contributed by atoms with E-state index in [1.165, 1.54) is 12.2 Å². The molecule has 0 rings (SSSR count). The molecule has 0 aliphatic rings. The molecule has 7 heavy (non-hydrogen) atoms. The molecule has 0 aromatic rings. The fraction of sp³-hybridized carbons (Fsp3) is 0.200. The molecule has 2 heteroatoms. The first-order chi connectivity index (χ1) is 3.31. The molecule has 0 bridgehead atoms. The van der Waals surface area contributed by atoms with E-state index >= 15 is 0 Å². The Hall–Kier alpha value is -0.790. The molecule has 0 unspecified atom stereocenters. The molecule has 2 N–H and O–H groups in total. The van der Waals surface area contributed by atoms with Crippen LogP contribution >= 0.6 is 0 Å². The SMILES string of the molecule is C/C=C(F)\C=C/N. The van der Waals surface area contributed by atoms with Crippen molar-refractivity contribution in [3.8, 4) is 0 Å². The van der Waals surface area contributed by atoms with Crippen LogP contribution in [0.1, 0.15) is 6.92 Å². The number of halogens is 1. The second-order valence-corrected chi connectivity index (χ2v) is 1.03. The van der Waals surface area contributed by atoms with Crippen molar-refractivity contribution in [1.29, 1.82) is 0 Å². The molecular weight excluding hydrogens is 93.1 g/mol. The topological polar surface area (TPSA) is 26.0 Å². The smallest absolute Gasteiger partial charge is 0.120 e. The number of hydrogen-bond donors (Lipinski definition) is 1. The number of rotatable bonds is 1. The maximum Gasteiger partial charge on any atom is 0.120 e. The van der Waals surface area contributed by atoms with E-state index in [1.807, 2.05) is 0 Å². The van der Waals surface area contributed by atoms with Crippen LogP contribution < -0.4 is 5.73 Å². The first-order valence-corrected chi connectivity index (χ1v) is 2.01. The predicted octanol–water partition coefficient (Wildman–Crippen LogP) is 1.33. The van der Waals surface area contributed by atoms with Gasteiger partial charge in [0.2, 0.25) is 0 Å². The first-order valence-electron chi connectivity index (χ1n) is 2.01. The lowest BCUT2D eigenvalue weighted by Crippen LogP contribution is -1.74. The largest absolute Gasteiger partial charge is 0.405 e. The van der Waals surface area contributed by atoms with Gasteiger partial charge in [0.15, 0.2) is 0 Å². The summed E-state index contributed by atoms with van der Waals surface area (Å²) in [5.74, 6) is -0.303. The lowest BCUT2D eigenvalue weighted by Gasteiger charge is -1.76. The van der Waals surface area contributed by atoms with Crippen molar-refractivity contribution in [2.45, 2.75) is 6.92 Å². The van der Waals surface area contributed by atoms with E-state index < -0.39 is 0 Å². The molecule has 0 atom stereocenters. The molecule has 1 nitrogen and oxygen atoms in total. The summed E-state index contributed by atoms with van der Waals surface area (Å²) in [5, 5.41) is 0. The molecule has 40 valence electrons. The molecule has 0 spiro atoms. The van der Waals surface area contributed by atoms with Gasteiger partial charge in [0.1, 0.15) is 5.83 Å². The van der Waals surface area contributed by atoms with E-state index in [4.69, 9.17) is 5.73 Å². The lowest BCUT2D eigenvalue weighted by atomic mass is 10.5. The Bertz CT molecular complexity index is 94.3. The summed E-state index contributed by atoms with van der Waals surface area (Å²) in [6.45, 7) is 1.61. The maximum atomic E-state index is 11.8. The fourth-order valence-electron chi connectivity index (χ4n) is 0.188. The third kappa shape index (κ3) is 3.03. The molecule has 0 aromatic carbocycles. The molecule has 0 saturated carbocycles. The highest BCUT2D eigenvalue weighted by Crippen LogP contribution is 1.93. The summed E-state index contributed by atoms with van der Waals surface area (Å²) in [4.78, 5) is 0. The Labute approximate surface area is 42.3 Å². The van der Waals surface area contributed by atoms with Crippen LogP contribution in [0.25, 0.3) is 0 Å². The van der Waals surface area contributed by atoms with Gasteiger partial charge in [0.25, 0.3) is 0 Å². The summed E-state index contributed by atoms with van der Waals surface area (Å²) in [6, 6.07) is 0. The van der Waals surface area contributed by atoms with Crippen LogP contribution in [-0.4, -0.2) is 0 Å². The average molecular weight is 101 g/mol. The van der Waals surface area contributed by atoms with Gasteiger partial charge in [-0.1, -0.05) is 6.08 Å². The molecule has 0 amide bonds. The quantitative estimate of drug-likeness (QED) is 0.495. The first kappa shape index (κ1) is 6.21. The van der Waals surface area contributed by atoms with Crippen LogP contribution in [0.15, 0.2) is 24.2 Å². The highest BCUT2D eigenvalue weighted by molar-refractivity contribution is 5.07. The average Bonchev–Trinajstić information content (AvgIpc) is 1.68. The van der Waals surface area contributed by atoms with E-state index in [-0.39, 0.29) is 5.83 Å². The fourth-order valence-corrected chi connectivity index (χ4v) is 0.188. The van der Waals surface area contributed by atoms with Crippen molar-refractivity contribution in [1.82, 2.24) is 0 Å². The van der Waals surface area contributed by atoms with Crippen molar-refractivity contribution in [3.63, 3.8) is 0 Å². The second-order valence-electron chi connectivity index (χ2n) is 1.03. The Balaban J connectivity index is 3.58. The minimum Gasteiger partial charge on any atom is -0.405 e. The highest BCUT2D eigenvalue weighted by atomic mass is 19.1. The summed E-state index contributed by atoms with van der Waals surface area (Å²) in [6.07, 6.45) is 3.69. The van der Waals surface area contributed by atoms with E-state index in [9.17, 15) is 4.39 Å². The second kappa shape index (κ2) is 3.40. The highest BCUT2D eigenvalue weighted by Gasteiger charge is 1.76. The van der Waals surface area contributed by atoms with Crippen LogP contribution in [0, 0.1) is 0 Å². The van der Waals surface area contributed by atoms with Gasteiger partial charge in [-0.05, 0) is 19.2 Å². The molecule has 0 radical (unpaired) electrons. The van der Waals surface area contributed by atoms with Gasteiger partial charge >= 0.3 is 0 Å². The Kier molecular flexibility index (Phi) is 3.02. The van der Waals surface area contributed by atoms with Crippen molar-refractivity contribution < 1.29 is 4.39 Å². The van der Waals surface area contributed by atoms with E-state index in [2.05, 4.69) is 0 Å². The minimum absolute atomic E-state index is 0.303. The predicted molar refractivity (Wildman–Crippen MR) is 28.2 cm³/mol. The van der Waals surface area contributed by atoms with Crippen molar-refractivity contribution >= 4 is 0 Å². The van der Waals surface area contributed by atoms with Gasteiger partial charge in [0.05, 0.1) is 0 Å². The van der Waals surface area contributed by atoms with Crippen LogP contribution in [0.4, 0.5) is 4.39 Å². The third-order valence-corrected chi connectivity index (χ3v) is 0.531. The van der Waals surface area contributed by atoms with E-state index in [1.54, 1.807) is 6.92 Å². The zero-order valence-electron chi connectivity index (χ0n) is 4.19. The van der Waals surface area contributed by atoms with Gasteiger partial charge in [-0.2, -0.15) is 0 Å². The van der Waals surface area contributed by atoms with Crippen LogP contribution in [0.5, 0.6) is 0 Å². The zero-order valence-corrected chi connectivity index (χ0v) is 4.19. The minimum atomic E-state index is -0.303. The summed E-state index contributed by atoms with van der Waals surface area (Å²) in [7, 11) is 0. The summed E-state index contributed by atoms with van der Waals surface area (Å²) in [5.41, 5.74) is 4.84.